The molecule has 3 N–H and O–H groups in total. The monoisotopic (exact) mass is 797 g/mol. The number of carbonyl (C=O) groups is 2. The number of amides is 1. The number of nitrogens with zero attached hydrogens (tertiary/aromatic N) is 4. The van der Waals surface area contributed by atoms with Crippen LogP contribution in [0, 0.1) is 0 Å². The van der Waals surface area contributed by atoms with Crippen LogP contribution in [0.3, 0.4) is 0 Å². The number of ether oxygens (including phenoxy) is 1. The Morgan fingerprint density at radius 1 is 0.814 bits per heavy atom. The molecule has 0 bridgehead atoms. The number of phenolic OH excluding ortho intramolecular Hbond substituents is 1. The Balaban J connectivity index is 1.05. The van der Waals surface area contributed by atoms with Gasteiger partial charge in [-0.1, -0.05) is 164 Å². The second kappa shape index (κ2) is 19.8. The number of para-hydroxylation sites is 1. The van der Waals surface area contributed by atoms with Gasteiger partial charge in [0.2, 0.25) is 5.91 Å². The van der Waals surface area contributed by atoms with Crippen molar-refractivity contribution in [2.24, 2.45) is 16.2 Å². The molecule has 0 saturated carbocycles. The first-order chi connectivity index (χ1) is 28.6. The standard InChI is InChI=1S/C48H49F2N5O4/c1-36(52-53-55(51)47(37-21-9-4-10-22-37,38-23-11-5-12-24-38)39-25-13-6-14-26-39)20-8-2-3-19-35-54-41(32-34-45(54)57)31-33-44(48(49,50)40-27-15-7-16-28-40)59-46(58)42-29-17-18-30-43(42)56/h4-7,9-18,21-31,33,41,44,56H,1-3,8,19-20,32,34-35,51H2/b33-31+,53-52?/t41-,44+/m0/s1. The maximum atomic E-state index is 15.9. The number of hydrogen-bond donors (Lipinski definition) is 2. The van der Waals surface area contributed by atoms with Crippen molar-refractivity contribution < 1.29 is 28.2 Å². The molecular weight excluding hydrogens is 749 g/mol. The lowest BCUT2D eigenvalue weighted by molar-refractivity contribution is -0.128. The molecule has 0 unspecified atom stereocenters. The molecule has 1 amide bonds. The molecule has 5 aromatic rings. The highest BCUT2D eigenvalue weighted by molar-refractivity contribution is 5.92. The third kappa shape index (κ3) is 9.99. The number of allylic oxidation sites excluding steroid dienone is 1. The number of nitrogens with two attached hydrogens (primary N) is 1. The SMILES string of the molecule is C=C(CCCCCCN1C(=O)CC[C@@H]1/C=C/[C@@H](OC(=O)c1ccccc1O)C(F)(F)c1ccccc1)N=NN(N)C(c1ccccc1)(c1ccccc1)c1ccccc1. The third-order valence-corrected chi connectivity index (χ3v) is 10.6. The predicted molar refractivity (Wildman–Crippen MR) is 224 cm³/mol. The largest absolute Gasteiger partial charge is 0.507 e. The van der Waals surface area contributed by atoms with E-state index in [1.165, 1.54) is 59.7 Å². The fourth-order valence-corrected chi connectivity index (χ4v) is 7.49. The van der Waals surface area contributed by atoms with Gasteiger partial charge in [0.05, 0.1) is 11.7 Å². The van der Waals surface area contributed by atoms with E-state index >= 15 is 8.78 Å². The van der Waals surface area contributed by atoms with Gasteiger partial charge in [0, 0.05) is 18.5 Å². The second-order valence-corrected chi connectivity index (χ2v) is 14.5. The zero-order chi connectivity index (χ0) is 41.7. The highest BCUT2D eigenvalue weighted by atomic mass is 19.3. The van der Waals surface area contributed by atoms with Gasteiger partial charge in [0.25, 0.3) is 0 Å². The van der Waals surface area contributed by atoms with Gasteiger partial charge in [0.15, 0.2) is 11.6 Å². The Hall–Kier alpha value is -6.46. The average molecular weight is 798 g/mol. The maximum Gasteiger partial charge on any atom is 0.342 e. The highest BCUT2D eigenvalue weighted by Crippen LogP contribution is 2.41. The lowest BCUT2D eigenvalue weighted by atomic mass is 9.77. The van der Waals surface area contributed by atoms with Crippen LogP contribution < -0.4 is 5.84 Å². The number of unbranched alkanes of at least 4 members (excludes halogenated alkanes) is 3. The van der Waals surface area contributed by atoms with Gasteiger partial charge in [-0.15, -0.1) is 5.11 Å². The van der Waals surface area contributed by atoms with Crippen molar-refractivity contribution in [3.05, 3.63) is 198 Å². The zero-order valence-corrected chi connectivity index (χ0v) is 32.8. The number of aromatic hydroxyl groups is 1. The van der Waals surface area contributed by atoms with Crippen molar-refractivity contribution in [1.29, 1.82) is 0 Å². The molecule has 1 aliphatic rings. The van der Waals surface area contributed by atoms with E-state index in [0.29, 0.717) is 31.5 Å². The summed E-state index contributed by atoms with van der Waals surface area (Å²) in [5.41, 5.74) is 1.84. The van der Waals surface area contributed by atoms with E-state index < -0.39 is 29.6 Å². The van der Waals surface area contributed by atoms with Crippen LogP contribution >= 0.6 is 0 Å². The van der Waals surface area contributed by atoms with Crippen LogP contribution in [0.1, 0.15) is 77.6 Å². The lowest BCUT2D eigenvalue weighted by Crippen LogP contribution is -2.49. The first-order valence-electron chi connectivity index (χ1n) is 19.8. The molecule has 1 saturated heterocycles. The molecule has 5 aromatic carbocycles. The number of carbonyl (C=O) groups excluding carboxylic acids is 2. The van der Waals surface area contributed by atoms with Gasteiger partial charge < -0.3 is 14.7 Å². The second-order valence-electron chi connectivity index (χ2n) is 14.5. The normalized spacial score (nSPS) is 15.1. The molecule has 1 heterocycles. The van der Waals surface area contributed by atoms with Crippen molar-refractivity contribution >= 4 is 11.9 Å². The Morgan fingerprint density at radius 3 is 1.88 bits per heavy atom. The molecule has 304 valence electrons. The van der Waals surface area contributed by atoms with E-state index in [1.54, 1.807) is 11.0 Å². The Kier molecular flexibility index (Phi) is 14.1. The smallest absolute Gasteiger partial charge is 0.342 e. The number of alkyl halides is 2. The summed E-state index contributed by atoms with van der Waals surface area (Å²) >= 11 is 0. The fraction of sp³-hybridized carbons (Fsp3) is 0.250. The van der Waals surface area contributed by atoms with Crippen molar-refractivity contribution in [2.75, 3.05) is 6.54 Å². The molecular formula is C48H49F2N5O4. The van der Waals surface area contributed by atoms with Crippen molar-refractivity contribution in [3.63, 3.8) is 0 Å². The topological polar surface area (TPSA) is 121 Å². The van der Waals surface area contributed by atoms with E-state index in [0.717, 1.165) is 42.0 Å². The van der Waals surface area contributed by atoms with Gasteiger partial charge in [-0.25, -0.2) is 10.6 Å². The summed E-state index contributed by atoms with van der Waals surface area (Å²) in [6.07, 6.45) is 5.20. The molecule has 0 radical (unpaired) electrons. The first-order valence-corrected chi connectivity index (χ1v) is 19.8. The van der Waals surface area contributed by atoms with Gasteiger partial charge >= 0.3 is 11.9 Å². The molecule has 59 heavy (non-hydrogen) atoms. The Morgan fingerprint density at radius 2 is 1.32 bits per heavy atom. The number of likely N-dealkylation sites (tertiary alicyclic amines) is 1. The van der Waals surface area contributed by atoms with Gasteiger partial charge in [-0.2, -0.15) is 13.9 Å². The number of hydrogen-bond acceptors (Lipinski definition) is 7. The van der Waals surface area contributed by atoms with Crippen LogP contribution in [-0.4, -0.2) is 45.7 Å². The maximum absolute atomic E-state index is 15.9. The van der Waals surface area contributed by atoms with Crippen molar-refractivity contribution in [1.82, 2.24) is 10.0 Å². The molecule has 2 atom stereocenters. The van der Waals surface area contributed by atoms with Gasteiger partial charge in [-0.3, -0.25) is 4.79 Å². The predicted octanol–water partition coefficient (Wildman–Crippen LogP) is 10.3. The van der Waals surface area contributed by atoms with Crippen LogP contribution in [0.4, 0.5) is 8.78 Å². The molecule has 11 heteroatoms. The number of benzene rings is 5. The van der Waals surface area contributed by atoms with Crippen LogP contribution in [0.5, 0.6) is 5.75 Å². The molecule has 9 nitrogen and oxygen atoms in total. The van der Waals surface area contributed by atoms with E-state index in [2.05, 4.69) is 16.9 Å². The lowest BCUT2D eigenvalue weighted by Gasteiger charge is -2.40. The summed E-state index contributed by atoms with van der Waals surface area (Å²) in [6.45, 7) is 4.59. The Bertz CT molecular complexity index is 2110. The molecule has 0 aromatic heterocycles. The molecule has 6 rings (SSSR count). The average Bonchev–Trinajstić information content (AvgIpc) is 3.62. The summed E-state index contributed by atoms with van der Waals surface area (Å²) in [5.74, 6) is 1.72. The van der Waals surface area contributed by atoms with Gasteiger partial charge in [-0.05, 0) is 60.6 Å². The van der Waals surface area contributed by atoms with E-state index in [9.17, 15) is 14.7 Å². The van der Waals surface area contributed by atoms with Crippen LogP contribution in [0.25, 0.3) is 0 Å². The summed E-state index contributed by atoms with van der Waals surface area (Å²) < 4.78 is 37.1. The Labute approximate surface area is 344 Å². The number of hydrazine groups is 1. The minimum atomic E-state index is -3.59. The molecule has 0 aliphatic carbocycles. The number of rotatable bonds is 19. The van der Waals surface area contributed by atoms with Crippen LogP contribution in [-0.2, 0) is 21.0 Å². The van der Waals surface area contributed by atoms with Crippen LogP contribution in [0.2, 0.25) is 0 Å². The van der Waals surface area contributed by atoms with E-state index in [1.807, 2.05) is 91.0 Å². The minimum absolute atomic E-state index is 0.0602. The number of halogens is 2. The van der Waals surface area contributed by atoms with E-state index in [-0.39, 0.29) is 29.2 Å². The highest BCUT2D eigenvalue weighted by Gasteiger charge is 2.44. The van der Waals surface area contributed by atoms with E-state index in [4.69, 9.17) is 10.6 Å². The fourth-order valence-electron chi connectivity index (χ4n) is 7.49. The quantitative estimate of drug-likeness (QED) is 0.0163. The molecule has 1 aliphatic heterocycles. The molecule has 1 fully saturated rings. The number of esters is 1. The van der Waals surface area contributed by atoms with Crippen molar-refractivity contribution in [3.8, 4) is 5.75 Å². The first kappa shape index (κ1) is 42.2. The van der Waals surface area contributed by atoms with Crippen molar-refractivity contribution in [2.45, 2.75) is 68.6 Å². The summed E-state index contributed by atoms with van der Waals surface area (Å²) in [7, 11) is 0. The zero-order valence-electron chi connectivity index (χ0n) is 32.8. The molecule has 0 spiro atoms. The third-order valence-electron chi connectivity index (χ3n) is 10.6. The number of phenols is 1. The van der Waals surface area contributed by atoms with Crippen LogP contribution in [0.15, 0.2) is 180 Å². The summed E-state index contributed by atoms with van der Waals surface area (Å²) in [4.78, 5) is 27.6. The summed E-state index contributed by atoms with van der Waals surface area (Å²) in [5, 5.41) is 20.5. The summed E-state index contributed by atoms with van der Waals surface area (Å²) in [6, 6.07) is 42.1. The minimum Gasteiger partial charge on any atom is -0.507 e. The van der Waals surface area contributed by atoms with Gasteiger partial charge in [0.1, 0.15) is 11.3 Å².